The number of nitrogens with zero attached hydrogens (tertiary/aromatic N) is 2. The Labute approximate surface area is 81.0 Å². The van der Waals surface area contributed by atoms with Crippen LogP contribution < -0.4 is 0 Å². The van der Waals surface area contributed by atoms with E-state index in [-0.39, 0.29) is 6.42 Å². The van der Waals surface area contributed by atoms with Gasteiger partial charge >= 0.3 is 5.97 Å². The highest BCUT2D eigenvalue weighted by atomic mass is 16.4. The normalized spacial score (nSPS) is 25.9. The van der Waals surface area contributed by atoms with Gasteiger partial charge in [0, 0.05) is 24.7 Å². The Kier molecular flexibility index (Phi) is 2.03. The van der Waals surface area contributed by atoms with Crippen LogP contribution >= 0.6 is 0 Å². The van der Waals surface area contributed by atoms with Gasteiger partial charge in [-0.05, 0) is 6.42 Å². The van der Waals surface area contributed by atoms with Gasteiger partial charge in [-0.1, -0.05) is 0 Å². The van der Waals surface area contributed by atoms with Crippen LogP contribution in [0.15, 0.2) is 6.20 Å². The van der Waals surface area contributed by atoms with E-state index in [0.29, 0.717) is 6.42 Å². The summed E-state index contributed by atoms with van der Waals surface area (Å²) in [5, 5.41) is 22.6. The molecule has 0 bridgehead atoms. The van der Waals surface area contributed by atoms with Crippen LogP contribution in [0.3, 0.4) is 0 Å². The lowest BCUT2D eigenvalue weighted by Gasteiger charge is -2.23. The Hall–Kier alpha value is -1.36. The highest BCUT2D eigenvalue weighted by Gasteiger charge is 2.32. The molecule has 2 unspecified atom stereocenters. The summed E-state index contributed by atoms with van der Waals surface area (Å²) in [6, 6.07) is 0. The summed E-state index contributed by atoms with van der Waals surface area (Å²) >= 11 is 0. The lowest BCUT2D eigenvalue weighted by molar-refractivity contribution is -0.143. The van der Waals surface area contributed by atoms with Gasteiger partial charge in [-0.15, -0.1) is 0 Å². The second-order valence-corrected chi connectivity index (χ2v) is 3.66. The molecule has 5 nitrogen and oxygen atoms in total. The quantitative estimate of drug-likeness (QED) is 0.668. The number of hydrogen-bond donors (Lipinski definition) is 2. The summed E-state index contributed by atoms with van der Waals surface area (Å²) in [5.74, 6) is -1.34. The first kappa shape index (κ1) is 9.21. The van der Waals surface area contributed by atoms with E-state index in [9.17, 15) is 9.90 Å². The van der Waals surface area contributed by atoms with Crippen LogP contribution in [0.1, 0.15) is 23.8 Å². The summed E-state index contributed by atoms with van der Waals surface area (Å²) in [4.78, 5) is 10.8. The molecule has 0 aromatic carbocycles. The topological polar surface area (TPSA) is 75.4 Å². The van der Waals surface area contributed by atoms with Crippen molar-refractivity contribution in [1.29, 1.82) is 0 Å². The zero-order valence-corrected chi connectivity index (χ0v) is 7.84. The van der Waals surface area contributed by atoms with Gasteiger partial charge in [0.15, 0.2) is 0 Å². The average Bonchev–Trinajstić information content (AvgIpc) is 2.48. The number of carboxylic acid groups (broad SMARTS) is 1. The van der Waals surface area contributed by atoms with Crippen molar-refractivity contribution in [3.05, 3.63) is 17.5 Å². The maximum Gasteiger partial charge on any atom is 0.306 e. The smallest absolute Gasteiger partial charge is 0.306 e. The van der Waals surface area contributed by atoms with Crippen molar-refractivity contribution >= 4 is 5.97 Å². The molecule has 1 heterocycles. The Bertz CT molecular complexity index is 372. The summed E-state index contributed by atoms with van der Waals surface area (Å²) in [5.41, 5.74) is 1.60. The van der Waals surface area contributed by atoms with Gasteiger partial charge in [-0.3, -0.25) is 9.48 Å². The zero-order valence-electron chi connectivity index (χ0n) is 7.84. The van der Waals surface area contributed by atoms with E-state index >= 15 is 0 Å². The molecule has 0 saturated carbocycles. The van der Waals surface area contributed by atoms with Crippen LogP contribution in [0, 0.1) is 5.92 Å². The number of aryl methyl sites for hydroxylation is 1. The third-order valence-corrected chi connectivity index (χ3v) is 2.75. The number of carboxylic acids is 1. The van der Waals surface area contributed by atoms with Gasteiger partial charge in [0.2, 0.25) is 0 Å². The maximum atomic E-state index is 10.8. The minimum atomic E-state index is -0.851. The molecule has 0 saturated heterocycles. The van der Waals surface area contributed by atoms with Crippen molar-refractivity contribution in [2.75, 3.05) is 0 Å². The van der Waals surface area contributed by atoms with Gasteiger partial charge in [-0.25, -0.2) is 0 Å². The Balaban J connectivity index is 2.35. The number of aromatic nitrogens is 2. The minimum absolute atomic E-state index is 0.286. The molecule has 1 aliphatic carbocycles. The first-order valence-electron chi connectivity index (χ1n) is 4.51. The van der Waals surface area contributed by atoms with E-state index in [1.54, 1.807) is 17.9 Å². The third-order valence-electron chi connectivity index (χ3n) is 2.75. The van der Waals surface area contributed by atoms with E-state index in [1.165, 1.54) is 0 Å². The predicted molar refractivity (Wildman–Crippen MR) is 47.6 cm³/mol. The van der Waals surface area contributed by atoms with E-state index in [1.807, 2.05) is 0 Å². The molecule has 1 aliphatic rings. The van der Waals surface area contributed by atoms with Crippen molar-refractivity contribution in [2.45, 2.75) is 18.9 Å². The number of aliphatic hydroxyl groups excluding tert-OH is 1. The van der Waals surface area contributed by atoms with Crippen molar-refractivity contribution in [1.82, 2.24) is 9.78 Å². The highest BCUT2D eigenvalue weighted by molar-refractivity contribution is 5.71. The lowest BCUT2D eigenvalue weighted by atomic mass is 9.86. The molecule has 0 radical (unpaired) electrons. The van der Waals surface area contributed by atoms with Crippen LogP contribution in [0.25, 0.3) is 0 Å². The highest BCUT2D eigenvalue weighted by Crippen LogP contribution is 2.32. The van der Waals surface area contributed by atoms with Crippen molar-refractivity contribution < 1.29 is 15.0 Å². The molecule has 0 amide bonds. The molecule has 0 aliphatic heterocycles. The second kappa shape index (κ2) is 3.09. The molecule has 14 heavy (non-hydrogen) atoms. The van der Waals surface area contributed by atoms with Crippen molar-refractivity contribution in [2.24, 2.45) is 13.0 Å². The Morgan fingerprint density at radius 2 is 2.43 bits per heavy atom. The molecule has 5 heteroatoms. The van der Waals surface area contributed by atoms with E-state index in [4.69, 9.17) is 5.11 Å². The summed E-state index contributed by atoms with van der Waals surface area (Å²) in [6.07, 6.45) is 1.66. The van der Waals surface area contributed by atoms with Crippen molar-refractivity contribution in [3.8, 4) is 0 Å². The first-order chi connectivity index (χ1) is 6.59. The summed E-state index contributed by atoms with van der Waals surface area (Å²) in [7, 11) is 1.76. The summed E-state index contributed by atoms with van der Waals surface area (Å²) < 4.78 is 1.63. The largest absolute Gasteiger partial charge is 0.481 e. The predicted octanol–water partition coefficient (Wildman–Crippen LogP) is 0.100. The molecular formula is C9H12N2O3. The van der Waals surface area contributed by atoms with Crippen LogP contribution in [-0.4, -0.2) is 26.0 Å². The third kappa shape index (κ3) is 1.29. The lowest BCUT2D eigenvalue weighted by Crippen LogP contribution is -2.25. The van der Waals surface area contributed by atoms with Crippen LogP contribution in [0.2, 0.25) is 0 Å². The average molecular weight is 196 g/mol. The molecule has 2 atom stereocenters. The minimum Gasteiger partial charge on any atom is -0.481 e. The number of carbonyl (C=O) groups is 1. The SMILES string of the molecule is Cn1ncc2c1CC(C(=O)O)CC2O. The van der Waals surface area contributed by atoms with E-state index in [2.05, 4.69) is 5.10 Å². The number of aliphatic hydroxyl groups is 1. The fraction of sp³-hybridized carbons (Fsp3) is 0.556. The molecule has 0 fully saturated rings. The number of hydrogen-bond acceptors (Lipinski definition) is 3. The van der Waals surface area contributed by atoms with E-state index in [0.717, 1.165) is 11.3 Å². The standard InChI is InChI=1S/C9H12N2O3/c1-11-7-2-5(9(13)14)3-8(12)6(7)4-10-11/h4-5,8,12H,2-3H2,1H3,(H,13,14). The van der Waals surface area contributed by atoms with Gasteiger partial charge in [0.25, 0.3) is 0 Å². The van der Waals surface area contributed by atoms with Crippen LogP contribution in [0.4, 0.5) is 0 Å². The second-order valence-electron chi connectivity index (χ2n) is 3.66. The van der Waals surface area contributed by atoms with Gasteiger partial charge in [0.1, 0.15) is 0 Å². The number of aliphatic carboxylic acids is 1. The zero-order chi connectivity index (χ0) is 10.3. The fourth-order valence-corrected chi connectivity index (χ4v) is 1.91. The monoisotopic (exact) mass is 196 g/mol. The van der Waals surface area contributed by atoms with E-state index < -0.39 is 18.0 Å². The maximum absolute atomic E-state index is 10.8. The van der Waals surface area contributed by atoms with Crippen molar-refractivity contribution in [3.63, 3.8) is 0 Å². The number of rotatable bonds is 1. The fourth-order valence-electron chi connectivity index (χ4n) is 1.91. The Morgan fingerprint density at radius 1 is 1.71 bits per heavy atom. The molecular weight excluding hydrogens is 184 g/mol. The van der Waals surface area contributed by atoms with Gasteiger partial charge < -0.3 is 10.2 Å². The Morgan fingerprint density at radius 3 is 3.07 bits per heavy atom. The van der Waals surface area contributed by atoms with Gasteiger partial charge in [-0.2, -0.15) is 5.10 Å². The molecule has 2 N–H and O–H groups in total. The molecule has 2 rings (SSSR count). The molecule has 0 spiro atoms. The van der Waals surface area contributed by atoms with Gasteiger partial charge in [0.05, 0.1) is 18.2 Å². The van der Waals surface area contributed by atoms with Crippen LogP contribution in [-0.2, 0) is 18.3 Å². The number of fused-ring (bicyclic) bond motifs is 1. The summed E-state index contributed by atoms with van der Waals surface area (Å²) in [6.45, 7) is 0. The molecule has 1 aromatic heterocycles. The van der Waals surface area contributed by atoms with Crippen LogP contribution in [0.5, 0.6) is 0 Å². The first-order valence-corrected chi connectivity index (χ1v) is 4.51. The molecule has 76 valence electrons. The molecule has 1 aromatic rings.